The van der Waals surface area contributed by atoms with Gasteiger partial charge >= 0.3 is 0 Å². The number of nitrogens with one attached hydrogen (secondary N) is 1. The van der Waals surface area contributed by atoms with Gasteiger partial charge < -0.3 is 5.32 Å². The molecule has 88 valence electrons. The smallest absolute Gasteiger partial charge is 0.150 e. The van der Waals surface area contributed by atoms with Gasteiger partial charge in [-0.15, -0.1) is 0 Å². The summed E-state index contributed by atoms with van der Waals surface area (Å²) < 4.78 is 0. The Morgan fingerprint density at radius 1 is 1.25 bits per heavy atom. The van der Waals surface area contributed by atoms with Crippen molar-refractivity contribution in [3.05, 3.63) is 29.8 Å². The first kappa shape index (κ1) is 12.8. The second-order valence-corrected chi connectivity index (χ2v) is 4.28. The van der Waals surface area contributed by atoms with E-state index in [2.05, 4.69) is 19.2 Å². The van der Waals surface area contributed by atoms with E-state index in [1.807, 2.05) is 24.3 Å². The highest BCUT2D eigenvalue weighted by Gasteiger charge is 2.01. The molecule has 1 rings (SSSR count). The summed E-state index contributed by atoms with van der Waals surface area (Å²) in [4.78, 5) is 10.5. The normalized spacial score (nSPS) is 12.1. The van der Waals surface area contributed by atoms with Gasteiger partial charge in [0.25, 0.3) is 0 Å². The highest BCUT2D eigenvalue weighted by Crippen LogP contribution is 2.12. The van der Waals surface area contributed by atoms with Crippen LogP contribution in [0, 0.1) is 0 Å². The Morgan fingerprint density at radius 3 is 2.50 bits per heavy atom. The van der Waals surface area contributed by atoms with E-state index in [1.165, 1.54) is 25.7 Å². The van der Waals surface area contributed by atoms with Gasteiger partial charge in [-0.05, 0) is 37.6 Å². The lowest BCUT2D eigenvalue weighted by molar-refractivity contribution is 0.112. The summed E-state index contributed by atoms with van der Waals surface area (Å²) in [5.74, 6) is 0. The maximum absolute atomic E-state index is 10.5. The molecule has 0 heterocycles. The van der Waals surface area contributed by atoms with Gasteiger partial charge in [0, 0.05) is 17.3 Å². The molecule has 0 radical (unpaired) electrons. The first-order valence-corrected chi connectivity index (χ1v) is 6.08. The Hall–Kier alpha value is -1.31. The molecular weight excluding hydrogens is 198 g/mol. The standard InChI is InChI=1S/C14H21NO/c1-3-4-5-6-12(2)15-14-9-7-13(11-16)8-10-14/h7-12,15H,3-6H2,1-2H3. The molecule has 0 aromatic heterocycles. The molecule has 0 spiro atoms. The van der Waals surface area contributed by atoms with E-state index in [0.717, 1.165) is 17.5 Å². The van der Waals surface area contributed by atoms with Crippen molar-refractivity contribution in [2.75, 3.05) is 5.32 Å². The van der Waals surface area contributed by atoms with Gasteiger partial charge in [-0.2, -0.15) is 0 Å². The molecule has 0 bridgehead atoms. The second kappa shape index (κ2) is 7.04. The Labute approximate surface area is 98.1 Å². The minimum Gasteiger partial charge on any atom is -0.383 e. The van der Waals surface area contributed by atoms with Crippen LogP contribution in [-0.4, -0.2) is 12.3 Å². The van der Waals surface area contributed by atoms with E-state index >= 15 is 0 Å². The minimum atomic E-state index is 0.494. The average Bonchev–Trinajstić information content (AvgIpc) is 2.30. The number of benzene rings is 1. The first-order chi connectivity index (χ1) is 7.76. The molecule has 2 nitrogen and oxygen atoms in total. The largest absolute Gasteiger partial charge is 0.383 e. The minimum absolute atomic E-state index is 0.494. The Morgan fingerprint density at radius 2 is 1.94 bits per heavy atom. The van der Waals surface area contributed by atoms with E-state index in [1.54, 1.807) is 0 Å². The van der Waals surface area contributed by atoms with E-state index < -0.39 is 0 Å². The summed E-state index contributed by atoms with van der Waals surface area (Å²) in [5.41, 5.74) is 1.82. The van der Waals surface area contributed by atoms with Crippen LogP contribution >= 0.6 is 0 Å². The molecule has 1 atom stereocenters. The monoisotopic (exact) mass is 219 g/mol. The van der Waals surface area contributed by atoms with Crippen molar-refractivity contribution in [2.45, 2.75) is 45.6 Å². The third kappa shape index (κ3) is 4.47. The van der Waals surface area contributed by atoms with Gasteiger partial charge in [-0.1, -0.05) is 26.2 Å². The molecule has 0 saturated carbocycles. The quantitative estimate of drug-likeness (QED) is 0.557. The highest BCUT2D eigenvalue weighted by molar-refractivity contribution is 5.75. The van der Waals surface area contributed by atoms with Crippen molar-refractivity contribution < 1.29 is 4.79 Å². The molecule has 0 fully saturated rings. The van der Waals surface area contributed by atoms with Crippen LogP contribution in [0.3, 0.4) is 0 Å². The van der Waals surface area contributed by atoms with Crippen LogP contribution in [0.2, 0.25) is 0 Å². The van der Waals surface area contributed by atoms with Crippen LogP contribution in [0.25, 0.3) is 0 Å². The van der Waals surface area contributed by atoms with Crippen molar-refractivity contribution >= 4 is 12.0 Å². The van der Waals surface area contributed by atoms with Crippen molar-refractivity contribution in [3.8, 4) is 0 Å². The van der Waals surface area contributed by atoms with E-state index in [4.69, 9.17) is 0 Å². The molecule has 0 aliphatic rings. The van der Waals surface area contributed by atoms with Gasteiger partial charge in [-0.25, -0.2) is 0 Å². The molecule has 0 aliphatic carbocycles. The fourth-order valence-electron chi connectivity index (χ4n) is 1.72. The zero-order valence-electron chi connectivity index (χ0n) is 10.2. The predicted molar refractivity (Wildman–Crippen MR) is 69.1 cm³/mol. The lowest BCUT2D eigenvalue weighted by Crippen LogP contribution is -2.14. The Balaban J connectivity index is 2.37. The molecule has 0 amide bonds. The van der Waals surface area contributed by atoms with E-state index in [9.17, 15) is 4.79 Å². The van der Waals surface area contributed by atoms with Crippen LogP contribution in [0.15, 0.2) is 24.3 Å². The Bertz CT molecular complexity index is 305. The van der Waals surface area contributed by atoms with Gasteiger partial charge in [-0.3, -0.25) is 4.79 Å². The average molecular weight is 219 g/mol. The molecule has 1 unspecified atom stereocenters. The summed E-state index contributed by atoms with van der Waals surface area (Å²) in [6.07, 6.45) is 5.91. The second-order valence-electron chi connectivity index (χ2n) is 4.28. The lowest BCUT2D eigenvalue weighted by Gasteiger charge is -2.14. The summed E-state index contributed by atoms with van der Waals surface area (Å²) in [5, 5.41) is 3.44. The van der Waals surface area contributed by atoms with Crippen LogP contribution in [0.4, 0.5) is 5.69 Å². The van der Waals surface area contributed by atoms with Crippen LogP contribution in [0.1, 0.15) is 49.9 Å². The molecule has 0 saturated heterocycles. The van der Waals surface area contributed by atoms with Gasteiger partial charge in [0.2, 0.25) is 0 Å². The number of unbranched alkanes of at least 4 members (excludes halogenated alkanes) is 2. The topological polar surface area (TPSA) is 29.1 Å². The maximum atomic E-state index is 10.5. The van der Waals surface area contributed by atoms with Crippen LogP contribution in [-0.2, 0) is 0 Å². The molecule has 1 N–H and O–H groups in total. The van der Waals surface area contributed by atoms with Crippen LogP contribution in [0.5, 0.6) is 0 Å². The summed E-state index contributed by atoms with van der Waals surface area (Å²) >= 11 is 0. The van der Waals surface area contributed by atoms with Crippen molar-refractivity contribution in [1.29, 1.82) is 0 Å². The van der Waals surface area contributed by atoms with Crippen LogP contribution < -0.4 is 5.32 Å². The summed E-state index contributed by atoms with van der Waals surface area (Å²) in [6.45, 7) is 4.42. The zero-order chi connectivity index (χ0) is 11.8. The predicted octanol–water partition coefficient (Wildman–Crippen LogP) is 3.88. The highest BCUT2D eigenvalue weighted by atomic mass is 16.1. The van der Waals surface area contributed by atoms with Gasteiger partial charge in [0.1, 0.15) is 6.29 Å². The molecule has 1 aromatic carbocycles. The maximum Gasteiger partial charge on any atom is 0.150 e. The molecule has 16 heavy (non-hydrogen) atoms. The van der Waals surface area contributed by atoms with Crippen molar-refractivity contribution in [1.82, 2.24) is 0 Å². The summed E-state index contributed by atoms with van der Waals surface area (Å²) in [6, 6.07) is 8.09. The summed E-state index contributed by atoms with van der Waals surface area (Å²) in [7, 11) is 0. The van der Waals surface area contributed by atoms with Crippen molar-refractivity contribution in [3.63, 3.8) is 0 Å². The SMILES string of the molecule is CCCCCC(C)Nc1ccc(C=O)cc1. The van der Waals surface area contributed by atoms with E-state index in [-0.39, 0.29) is 0 Å². The van der Waals surface area contributed by atoms with Gasteiger partial charge in [0.15, 0.2) is 0 Å². The first-order valence-electron chi connectivity index (χ1n) is 6.08. The number of carbonyl (C=O) groups excluding carboxylic acids is 1. The number of rotatable bonds is 7. The lowest BCUT2D eigenvalue weighted by atomic mass is 10.1. The zero-order valence-corrected chi connectivity index (χ0v) is 10.2. The van der Waals surface area contributed by atoms with E-state index in [0.29, 0.717) is 6.04 Å². The van der Waals surface area contributed by atoms with Crippen molar-refractivity contribution in [2.24, 2.45) is 0 Å². The van der Waals surface area contributed by atoms with Gasteiger partial charge in [0.05, 0.1) is 0 Å². The third-order valence-electron chi connectivity index (χ3n) is 2.70. The molecule has 0 aliphatic heterocycles. The fraction of sp³-hybridized carbons (Fsp3) is 0.500. The molecule has 2 heteroatoms. The number of aldehydes is 1. The number of anilines is 1. The third-order valence-corrected chi connectivity index (χ3v) is 2.70. The Kier molecular flexibility index (Phi) is 5.62. The number of hydrogen-bond donors (Lipinski definition) is 1. The fourth-order valence-corrected chi connectivity index (χ4v) is 1.72. The molecular formula is C14H21NO. The number of carbonyl (C=O) groups is 1. The molecule has 1 aromatic rings. The number of hydrogen-bond acceptors (Lipinski definition) is 2.